The first kappa shape index (κ1) is 67.0. The van der Waals surface area contributed by atoms with Gasteiger partial charge in [-0.15, -0.1) is 25.6 Å². The fourth-order valence-corrected chi connectivity index (χ4v) is 7.96. The number of aliphatic carboxylic acids is 2. The first-order valence-corrected chi connectivity index (χ1v) is 20.7. The fraction of sp³-hybridized carbons (Fsp3) is 0.700. The Labute approximate surface area is 424 Å². The summed E-state index contributed by atoms with van der Waals surface area (Å²) >= 11 is 47.2. The second-order valence-electron chi connectivity index (χ2n) is 11.0. The third-order valence-electron chi connectivity index (χ3n) is 6.54. The first-order valence-electron chi connectivity index (χ1n) is 15.3. The Morgan fingerprint density at radius 2 is 1.02 bits per heavy atom. The zero-order valence-corrected chi connectivity index (χ0v) is 45.3. The van der Waals surface area contributed by atoms with Crippen molar-refractivity contribution in [3.63, 3.8) is 0 Å². The number of thioether (sulfide) groups is 2. The molecular weight excluding hydrogens is 941 g/mol. The van der Waals surface area contributed by atoms with Gasteiger partial charge in [-0.25, -0.2) is 0 Å². The third kappa shape index (κ3) is 32.7. The average Bonchev–Trinajstić information content (AvgIpc) is 3.02. The van der Waals surface area contributed by atoms with Crippen molar-refractivity contribution in [2.75, 3.05) is 52.4 Å². The summed E-state index contributed by atoms with van der Waals surface area (Å²) in [6.45, 7) is 22.5. The molecule has 2 aliphatic heterocycles. The summed E-state index contributed by atoms with van der Waals surface area (Å²) in [5.41, 5.74) is 0. The smallest absolute Gasteiger partial charge is 0.480 e. The molecule has 0 radical (unpaired) electrons. The number of rotatable bonds is 8. The summed E-state index contributed by atoms with van der Waals surface area (Å²) < 4.78 is -0.387. The molecule has 2 heterocycles. The molecule has 0 saturated carbocycles. The molecule has 0 amide bonds. The summed E-state index contributed by atoms with van der Waals surface area (Å²) in [7, 11) is 0. The minimum absolute atomic E-state index is 0. The van der Waals surface area contributed by atoms with E-state index >= 15 is 0 Å². The van der Waals surface area contributed by atoms with E-state index in [4.69, 9.17) is 109 Å². The molecule has 0 aliphatic carbocycles. The maximum Gasteiger partial charge on any atom is 1.00 e. The molecule has 0 aromatic heterocycles. The van der Waals surface area contributed by atoms with Crippen LogP contribution in [0.1, 0.15) is 67.2 Å². The molecular formula is C30H50Cl4N4Na2O5S8. The van der Waals surface area contributed by atoms with Gasteiger partial charge < -0.3 is 84.3 Å². The number of alkyl halides is 3. The normalized spacial score (nSPS) is 14.3. The van der Waals surface area contributed by atoms with Gasteiger partial charge in [0.1, 0.15) is 23.9 Å². The van der Waals surface area contributed by atoms with Crippen molar-refractivity contribution in [2.45, 2.75) is 81.0 Å². The van der Waals surface area contributed by atoms with Crippen molar-refractivity contribution in [1.29, 1.82) is 0 Å². The van der Waals surface area contributed by atoms with Gasteiger partial charge in [-0.05, 0) is 40.5 Å². The largest absolute Gasteiger partial charge is 1.00 e. The van der Waals surface area contributed by atoms with Crippen LogP contribution < -0.4 is 59.1 Å². The maximum absolute atomic E-state index is 11.6. The Balaban J connectivity index is -0.000000170. The van der Waals surface area contributed by atoms with Gasteiger partial charge in [0.15, 0.2) is 4.30 Å². The Bertz CT molecular complexity index is 1100. The van der Waals surface area contributed by atoms with Crippen LogP contribution in [-0.2, 0) is 39.6 Å². The number of piperazine rings is 2. The maximum atomic E-state index is 11.6. The van der Waals surface area contributed by atoms with E-state index in [9.17, 15) is 24.6 Å². The first-order chi connectivity index (χ1) is 23.0. The van der Waals surface area contributed by atoms with Gasteiger partial charge in [-0.3, -0.25) is 9.59 Å². The Morgan fingerprint density at radius 1 is 0.717 bits per heavy atom. The van der Waals surface area contributed by atoms with Gasteiger partial charge in [0, 0.05) is 58.8 Å². The third-order valence-corrected chi connectivity index (χ3v) is 11.0. The minimum atomic E-state index is -0.969. The number of carboxylic acids is 2. The van der Waals surface area contributed by atoms with E-state index in [1.807, 2.05) is 33.4 Å². The molecule has 0 spiro atoms. The summed E-state index contributed by atoms with van der Waals surface area (Å²) in [5.74, 6) is -1.46. The van der Waals surface area contributed by atoms with Crippen molar-refractivity contribution in [2.24, 2.45) is 0 Å². The van der Waals surface area contributed by atoms with Crippen molar-refractivity contribution >= 4 is 180 Å². The monoisotopic (exact) mass is 988 g/mol. The molecule has 2 saturated heterocycles. The predicted molar refractivity (Wildman–Crippen MR) is 245 cm³/mol. The quantitative estimate of drug-likeness (QED) is 0.122. The topological polar surface area (TPSA) is 105 Å². The number of halogens is 4. The van der Waals surface area contributed by atoms with Crippen LogP contribution >= 0.6 is 120 Å². The molecule has 2 aliphatic rings. The summed E-state index contributed by atoms with van der Waals surface area (Å²) in [6, 6.07) is 0. The number of ketones is 1. The average molecular weight is 991 g/mol. The van der Waals surface area contributed by atoms with Crippen molar-refractivity contribution < 1.29 is 83.7 Å². The van der Waals surface area contributed by atoms with Gasteiger partial charge in [-0.1, -0.05) is 112 Å². The van der Waals surface area contributed by atoms with Crippen molar-refractivity contribution in [1.82, 2.24) is 19.6 Å². The number of hydrogen-bond acceptors (Lipinski definition) is 11. The molecule has 0 aromatic carbocycles. The van der Waals surface area contributed by atoms with E-state index in [0.29, 0.717) is 49.9 Å². The van der Waals surface area contributed by atoms with E-state index in [1.165, 1.54) is 23.5 Å². The molecule has 53 heavy (non-hydrogen) atoms. The molecule has 1 unspecified atom stereocenters. The number of carbonyl (C=O) groups excluding carboxylic acids is 1. The Hall–Kier alpha value is 2.21. The van der Waals surface area contributed by atoms with Crippen LogP contribution in [0.15, 0.2) is 13.2 Å². The summed E-state index contributed by atoms with van der Waals surface area (Å²) in [4.78, 5) is 40.8. The Morgan fingerprint density at radius 3 is 1.23 bits per heavy atom. The van der Waals surface area contributed by atoms with Crippen LogP contribution in [0.3, 0.4) is 0 Å². The van der Waals surface area contributed by atoms with Crippen molar-refractivity contribution in [3.05, 3.63) is 13.2 Å². The van der Waals surface area contributed by atoms with Crippen LogP contribution in [0.2, 0.25) is 0 Å². The van der Waals surface area contributed by atoms with Crippen LogP contribution in [-0.4, -0.2) is 131 Å². The molecule has 2 N–H and O–H groups in total. The second kappa shape index (κ2) is 37.2. The number of carbonyl (C=O) groups is 3. The van der Waals surface area contributed by atoms with E-state index in [0.717, 1.165) is 45.4 Å². The van der Waals surface area contributed by atoms with E-state index in [1.54, 1.807) is 27.7 Å². The number of carboxylic acid groups (broad SMARTS) is 2. The molecule has 0 aromatic rings. The zero-order chi connectivity index (χ0) is 39.8. The molecule has 0 bridgehead atoms. The van der Waals surface area contributed by atoms with Gasteiger partial charge in [0.05, 0.1) is 0 Å². The SMILES string of the molecule is C=C.CCCC(C)(SC(=S)N1CCN(C(=S)SC(C)(C)C(=O)O)CC1)C(=O)O.CCCC(C)=O.Cl.ClC(Cl)Cl.S=C([S-])N1CCN(C(=S)[S-])CC1.[Na+].[Na+]. The fourth-order valence-electron chi connectivity index (χ4n) is 3.76. The van der Waals surface area contributed by atoms with Gasteiger partial charge in [0.2, 0.25) is 0 Å². The minimum Gasteiger partial charge on any atom is -0.480 e. The van der Waals surface area contributed by atoms with Crippen LogP contribution in [0.25, 0.3) is 0 Å². The van der Waals surface area contributed by atoms with E-state index in [2.05, 4.69) is 13.2 Å². The summed E-state index contributed by atoms with van der Waals surface area (Å²) in [6.07, 6.45) is 3.05. The Kier molecular flexibility index (Phi) is 47.1. The molecule has 9 nitrogen and oxygen atoms in total. The van der Waals surface area contributed by atoms with Crippen LogP contribution in [0.5, 0.6) is 0 Å². The zero-order valence-electron chi connectivity index (χ0n) is 31.7. The van der Waals surface area contributed by atoms with E-state index in [-0.39, 0.29) is 77.3 Å². The van der Waals surface area contributed by atoms with Crippen LogP contribution in [0, 0.1) is 0 Å². The van der Waals surface area contributed by atoms with Gasteiger partial charge in [-0.2, -0.15) is 0 Å². The molecule has 1 atom stereocenters. The standard InChI is InChI=1S/C16H26N2O4S4.C6H10N2S4.C5H10O.C2H4.CHCl3.ClH.2Na/c1-5-6-16(4,12(21)22)26-14(24)18-9-7-17(8-10-18)13(23)25-15(2,3)11(19)20;9-5(10)7-1-2-8(4-3-7)6(11)12;1-3-4-5(2)6;1-2;2-1(3)4;;;/h5-10H2,1-4H3,(H,19,20)(H,21,22);1-4H2,(H,9,10)(H,11,12);3-4H2,1-2H3;1-2H2;1H;1H;;/q;;;;;;2*+1/p-2. The number of nitrogens with zero attached hydrogens (tertiary/aromatic N) is 4. The molecule has 23 heteroatoms. The van der Waals surface area contributed by atoms with E-state index < -0.39 is 25.7 Å². The second-order valence-corrected chi connectivity index (χ2v) is 19.5. The molecule has 298 valence electrons. The van der Waals surface area contributed by atoms with Crippen LogP contribution in [0.4, 0.5) is 0 Å². The van der Waals surface area contributed by atoms with Gasteiger partial charge in [0.25, 0.3) is 0 Å². The number of thiocarbonyl (C=S) groups is 4. The van der Waals surface area contributed by atoms with Crippen molar-refractivity contribution in [3.8, 4) is 0 Å². The summed E-state index contributed by atoms with van der Waals surface area (Å²) in [5, 5.41) is 18.7. The molecule has 2 rings (SSSR count). The predicted octanol–water partition coefficient (Wildman–Crippen LogP) is 2.01. The molecule has 2 fully saturated rings. The number of Topliss-reactive ketones (excluding diaryl/α,β-unsaturated/α-hetero) is 1. The number of hydrogen-bond donors (Lipinski definition) is 2. The van der Waals surface area contributed by atoms with Gasteiger partial charge >= 0.3 is 71.1 Å².